The Bertz CT molecular complexity index is 3080. The molecule has 0 unspecified atom stereocenters. The molecule has 0 amide bonds. The van der Waals surface area contributed by atoms with E-state index in [-0.39, 0.29) is 10.8 Å². The van der Waals surface area contributed by atoms with Crippen LogP contribution in [0.1, 0.15) is 49.9 Å². The molecule has 0 N–H and O–H groups in total. The van der Waals surface area contributed by atoms with Crippen molar-refractivity contribution in [3.8, 4) is 44.8 Å². The lowest BCUT2D eigenvalue weighted by atomic mass is 9.78. The minimum absolute atomic E-state index is 0.280. The van der Waals surface area contributed by atoms with Gasteiger partial charge in [0.2, 0.25) is 0 Å². The SMILES string of the molecule is CC1(C)c2ccccc2P(=O)(c2ccc(-c3cc(-c4ccc(-c5ccccc5)cc4)cc(-c4ccc(P5(=O)c6ccccc6C(C)(C)c6ccccc65)cc4)n3)cc2)c2ccccc21. The van der Waals surface area contributed by atoms with Crippen molar-refractivity contribution in [2.45, 2.75) is 38.5 Å². The van der Waals surface area contributed by atoms with Gasteiger partial charge >= 0.3 is 0 Å². The van der Waals surface area contributed by atoms with E-state index in [0.717, 1.165) is 93.3 Å². The fourth-order valence-corrected chi connectivity index (χ4v) is 17.1. The smallest absolute Gasteiger partial charge is 0.171 e. The van der Waals surface area contributed by atoms with E-state index in [1.165, 1.54) is 5.56 Å². The predicted molar refractivity (Wildman–Crippen MR) is 269 cm³/mol. The molecule has 64 heavy (non-hydrogen) atoms. The van der Waals surface area contributed by atoms with Crippen molar-refractivity contribution in [1.29, 1.82) is 0 Å². The van der Waals surface area contributed by atoms with Crippen LogP contribution >= 0.6 is 14.3 Å². The van der Waals surface area contributed by atoms with Gasteiger partial charge in [0.25, 0.3) is 0 Å². The number of pyridine rings is 1. The fraction of sp³-hybridized carbons (Fsp3) is 0.102. The van der Waals surface area contributed by atoms with Gasteiger partial charge in [0.1, 0.15) is 0 Å². The van der Waals surface area contributed by atoms with Gasteiger partial charge in [-0.2, -0.15) is 0 Å². The molecular formula is C59H47NO2P2. The Morgan fingerprint density at radius 1 is 0.312 bits per heavy atom. The number of nitrogens with zero attached hydrogens (tertiary/aromatic N) is 1. The van der Waals surface area contributed by atoms with E-state index in [0.29, 0.717) is 0 Å². The first-order valence-electron chi connectivity index (χ1n) is 22.0. The monoisotopic (exact) mass is 863 g/mol. The van der Waals surface area contributed by atoms with Gasteiger partial charge in [-0.25, -0.2) is 4.98 Å². The Balaban J connectivity index is 1.02. The van der Waals surface area contributed by atoms with Crippen LogP contribution in [0, 0.1) is 0 Å². The first-order valence-corrected chi connectivity index (χ1v) is 25.4. The van der Waals surface area contributed by atoms with Crippen molar-refractivity contribution in [2.75, 3.05) is 0 Å². The molecule has 0 saturated heterocycles. The van der Waals surface area contributed by atoms with Crippen LogP contribution in [-0.2, 0) is 20.0 Å². The van der Waals surface area contributed by atoms with Crippen LogP contribution in [0.25, 0.3) is 44.8 Å². The van der Waals surface area contributed by atoms with E-state index in [4.69, 9.17) is 4.98 Å². The molecule has 11 rings (SSSR count). The second kappa shape index (κ2) is 15.0. The molecule has 310 valence electrons. The molecule has 0 radical (unpaired) electrons. The average molecular weight is 864 g/mol. The maximum Gasteiger partial charge on any atom is 0.171 e. The second-order valence-electron chi connectivity index (χ2n) is 18.2. The minimum Gasteiger partial charge on any atom is -0.309 e. The summed E-state index contributed by atoms with van der Waals surface area (Å²) in [6.45, 7) is 8.91. The van der Waals surface area contributed by atoms with Crippen molar-refractivity contribution < 1.29 is 9.13 Å². The molecule has 2 aliphatic rings. The lowest BCUT2D eigenvalue weighted by molar-refractivity contribution is 0.585. The lowest BCUT2D eigenvalue weighted by Gasteiger charge is -2.39. The maximum atomic E-state index is 15.7. The molecule has 0 spiro atoms. The summed E-state index contributed by atoms with van der Waals surface area (Å²) in [4.78, 5) is 5.33. The summed E-state index contributed by atoms with van der Waals surface area (Å²) in [5.74, 6) is 0. The Morgan fingerprint density at radius 2 is 0.594 bits per heavy atom. The number of rotatable bonds is 6. The molecule has 0 fully saturated rings. The van der Waals surface area contributed by atoms with Gasteiger partial charge in [-0.1, -0.05) is 228 Å². The largest absolute Gasteiger partial charge is 0.309 e. The van der Waals surface area contributed by atoms with Crippen LogP contribution in [0.2, 0.25) is 0 Å². The molecule has 8 aromatic carbocycles. The third-order valence-corrected chi connectivity index (χ3v) is 20.2. The zero-order valence-electron chi connectivity index (χ0n) is 36.4. The molecule has 0 atom stereocenters. The summed E-state index contributed by atoms with van der Waals surface area (Å²) in [5.41, 5.74) is 11.8. The Kier molecular flexibility index (Phi) is 9.41. The summed E-state index contributed by atoms with van der Waals surface area (Å²) in [7, 11) is -6.39. The second-order valence-corrected chi connectivity index (χ2v) is 23.6. The molecule has 0 aliphatic carbocycles. The van der Waals surface area contributed by atoms with E-state index >= 15 is 9.13 Å². The van der Waals surface area contributed by atoms with Gasteiger partial charge < -0.3 is 9.13 Å². The van der Waals surface area contributed by atoms with E-state index in [9.17, 15) is 0 Å². The normalized spacial score (nSPS) is 15.8. The van der Waals surface area contributed by atoms with Crippen LogP contribution in [-0.4, -0.2) is 4.98 Å². The average Bonchev–Trinajstić information content (AvgIpc) is 3.35. The number of fused-ring (bicyclic) bond motifs is 4. The van der Waals surface area contributed by atoms with Crippen molar-refractivity contribution in [2.24, 2.45) is 0 Å². The van der Waals surface area contributed by atoms with E-state index < -0.39 is 14.3 Å². The zero-order chi connectivity index (χ0) is 43.8. The van der Waals surface area contributed by atoms with Gasteiger partial charge in [-0.3, -0.25) is 0 Å². The Labute approximate surface area is 376 Å². The standard InChI is InChI=1S/C59H47NO2P2/c1-58(2)48-18-8-12-22-54(48)63(61,55-23-13-9-19-49(55)58)46-34-30-43(31-35-46)52-38-45(42-28-26-41(27-29-42)40-16-6-5-7-17-40)39-53(60-52)44-32-36-47(37-33-44)64(62)56-24-14-10-20-50(56)59(3,4)51-21-11-15-25-57(51)64/h5-39H,1-4H3. The topological polar surface area (TPSA) is 47.0 Å². The Hall–Kier alpha value is -6.63. The summed E-state index contributed by atoms with van der Waals surface area (Å²) in [6, 6.07) is 72.8. The van der Waals surface area contributed by atoms with Crippen molar-refractivity contribution in [3.63, 3.8) is 0 Å². The molecule has 1 aromatic heterocycles. The number of benzene rings is 8. The quantitative estimate of drug-likeness (QED) is 0.156. The highest BCUT2D eigenvalue weighted by Crippen LogP contribution is 2.54. The van der Waals surface area contributed by atoms with Crippen LogP contribution in [0.5, 0.6) is 0 Å². The molecule has 0 bridgehead atoms. The maximum absolute atomic E-state index is 15.7. The van der Waals surface area contributed by atoms with E-state index in [1.807, 2.05) is 54.6 Å². The molecule has 9 aromatic rings. The van der Waals surface area contributed by atoms with Crippen LogP contribution in [0.15, 0.2) is 212 Å². The summed E-state index contributed by atoms with van der Waals surface area (Å²) >= 11 is 0. The minimum atomic E-state index is -3.20. The molecule has 3 nitrogen and oxygen atoms in total. The third-order valence-electron chi connectivity index (χ3n) is 13.9. The highest BCUT2D eigenvalue weighted by Gasteiger charge is 2.46. The molecule has 3 heterocycles. The van der Waals surface area contributed by atoms with Crippen LogP contribution < -0.4 is 31.8 Å². The van der Waals surface area contributed by atoms with Crippen molar-refractivity contribution in [3.05, 3.63) is 235 Å². The lowest BCUT2D eigenvalue weighted by Crippen LogP contribution is -2.42. The summed E-state index contributed by atoms with van der Waals surface area (Å²) in [6.07, 6.45) is 0. The van der Waals surface area contributed by atoms with Gasteiger partial charge in [-0.15, -0.1) is 0 Å². The first kappa shape index (κ1) is 40.2. The molecule has 5 heteroatoms. The Morgan fingerprint density at radius 3 is 0.953 bits per heavy atom. The van der Waals surface area contributed by atoms with Crippen LogP contribution in [0.4, 0.5) is 0 Å². The number of hydrogen-bond donors (Lipinski definition) is 0. The molecular weight excluding hydrogens is 817 g/mol. The third kappa shape index (κ3) is 6.13. The molecule has 2 aliphatic heterocycles. The van der Waals surface area contributed by atoms with Gasteiger partial charge in [-0.05, 0) is 56.6 Å². The zero-order valence-corrected chi connectivity index (χ0v) is 38.2. The van der Waals surface area contributed by atoms with Crippen molar-refractivity contribution >= 4 is 46.1 Å². The van der Waals surface area contributed by atoms with Gasteiger partial charge in [0, 0.05) is 53.8 Å². The first-order chi connectivity index (χ1) is 31.0. The molecule has 0 saturated carbocycles. The highest BCUT2D eigenvalue weighted by atomic mass is 31.2. The summed E-state index contributed by atoms with van der Waals surface area (Å²) in [5, 5.41) is 5.23. The van der Waals surface area contributed by atoms with Crippen LogP contribution in [0.3, 0.4) is 0 Å². The highest BCUT2D eigenvalue weighted by molar-refractivity contribution is 7.86. The number of aromatic nitrogens is 1. The summed E-state index contributed by atoms with van der Waals surface area (Å²) < 4.78 is 31.4. The fourth-order valence-electron chi connectivity index (χ4n) is 10.4. The number of hydrogen-bond acceptors (Lipinski definition) is 3. The van der Waals surface area contributed by atoms with Gasteiger partial charge in [0.05, 0.1) is 11.4 Å². The van der Waals surface area contributed by atoms with E-state index in [1.54, 1.807) is 0 Å². The van der Waals surface area contributed by atoms with E-state index in [2.05, 4.69) is 185 Å². The van der Waals surface area contributed by atoms with Crippen molar-refractivity contribution in [1.82, 2.24) is 4.98 Å². The van der Waals surface area contributed by atoms with Gasteiger partial charge in [0.15, 0.2) is 14.3 Å². The predicted octanol–water partition coefficient (Wildman–Crippen LogP) is 12.3.